The van der Waals surface area contributed by atoms with Gasteiger partial charge in [-0.25, -0.2) is 4.79 Å². The molecule has 2 aliphatic rings. The molecule has 0 radical (unpaired) electrons. The van der Waals surface area contributed by atoms with Gasteiger partial charge in [0.25, 0.3) is 0 Å². The van der Waals surface area contributed by atoms with Crippen molar-refractivity contribution < 1.29 is 33.8 Å². The average molecular weight is 882 g/mol. The van der Waals surface area contributed by atoms with Gasteiger partial charge in [-0.1, -0.05) is 140 Å². The number of Topliss-reactive ketones (excluding diaryl/α,β-unsaturated/α-hetero) is 1. The topological polar surface area (TPSA) is 143 Å². The van der Waals surface area contributed by atoms with Crippen LogP contribution in [0.3, 0.4) is 0 Å². The van der Waals surface area contributed by atoms with E-state index in [9.17, 15) is 24.3 Å². The minimum absolute atomic E-state index is 0.0123. The first-order valence-corrected chi connectivity index (χ1v) is 23.1. The molecule has 5 aromatic rings. The van der Waals surface area contributed by atoms with Gasteiger partial charge in [-0.2, -0.15) is 0 Å². The van der Waals surface area contributed by atoms with Crippen LogP contribution in [-0.2, 0) is 28.6 Å². The number of benzene rings is 5. The van der Waals surface area contributed by atoms with E-state index in [1.54, 1.807) is 32.5 Å². The third-order valence-corrected chi connectivity index (χ3v) is 13.6. The van der Waals surface area contributed by atoms with Crippen LogP contribution in [0, 0.1) is 0 Å². The lowest BCUT2D eigenvalue weighted by atomic mass is 9.84. The highest BCUT2D eigenvalue weighted by atomic mass is 32.2. The molecule has 10 nitrogen and oxygen atoms in total. The lowest BCUT2D eigenvalue weighted by Crippen LogP contribution is -2.56. The second-order valence-electron chi connectivity index (χ2n) is 17.9. The molecule has 1 fully saturated rings. The van der Waals surface area contributed by atoms with Gasteiger partial charge in [0.1, 0.15) is 18.0 Å². The van der Waals surface area contributed by atoms with E-state index in [0.29, 0.717) is 12.8 Å². The van der Waals surface area contributed by atoms with Crippen LogP contribution in [0.15, 0.2) is 140 Å². The van der Waals surface area contributed by atoms with Crippen molar-refractivity contribution in [3.63, 3.8) is 0 Å². The molecule has 2 aliphatic carbocycles. The third-order valence-electron chi connectivity index (χ3n) is 12.0. The van der Waals surface area contributed by atoms with E-state index in [4.69, 9.17) is 9.47 Å². The minimum Gasteiger partial charge on any atom is -0.460 e. The van der Waals surface area contributed by atoms with Crippen molar-refractivity contribution in [2.24, 2.45) is 0 Å². The molecule has 1 unspecified atom stereocenters. The lowest BCUT2D eigenvalue weighted by Gasteiger charge is -2.37. The van der Waals surface area contributed by atoms with Crippen molar-refractivity contribution in [2.75, 3.05) is 18.9 Å². The summed E-state index contributed by atoms with van der Waals surface area (Å²) in [5, 5.41) is 20.7. The number of carbonyl (C=O) groups excluding carboxylic acids is 4. The van der Waals surface area contributed by atoms with Crippen LogP contribution in [-0.4, -0.2) is 77.1 Å². The number of carbonyl (C=O) groups is 4. The molecule has 4 N–H and O–H groups in total. The van der Waals surface area contributed by atoms with Gasteiger partial charge in [-0.3, -0.25) is 14.4 Å². The Kier molecular flexibility index (Phi) is 14.7. The summed E-state index contributed by atoms with van der Waals surface area (Å²) in [4.78, 5) is 53.5. The van der Waals surface area contributed by atoms with E-state index in [0.717, 1.165) is 38.9 Å². The van der Waals surface area contributed by atoms with E-state index in [1.807, 2.05) is 78.9 Å². The normalized spacial score (nSPS) is 15.5. The number of esters is 1. The number of alkyl carbamates (subject to hydrolysis) is 1. The summed E-state index contributed by atoms with van der Waals surface area (Å²) in [6.07, 6.45) is -0.448. The zero-order chi connectivity index (χ0) is 45.3. The Morgan fingerprint density at radius 2 is 1.25 bits per heavy atom. The molecule has 1 saturated carbocycles. The highest BCUT2D eigenvalue weighted by Crippen LogP contribution is 2.49. The molecule has 0 aliphatic heterocycles. The number of ketones is 1. The van der Waals surface area contributed by atoms with Gasteiger partial charge >= 0.3 is 12.1 Å². The standard InChI is InChI=1S/C53H59N3O7S/c1-36(57)32-47(58)52(30-31-52)56-49(60)46(35-64-53(37-18-8-5-9-19-37,38-20-10-6-11-21-38)39-22-12-7-13-23-39)54-33-40(28-29-48(59)63-51(2,3)4)55-50(61)62-34-45-43-26-16-14-24-41(43)42-25-15-17-27-44(42)45/h5-27,40,45-47,54,58H,28-35H2,1-4H3,(H,55,61)(H,56,60)/t40-,46-,47?/m1/s1. The van der Waals surface area contributed by atoms with E-state index in [2.05, 4.69) is 76.6 Å². The first-order chi connectivity index (χ1) is 30.8. The summed E-state index contributed by atoms with van der Waals surface area (Å²) < 4.78 is 10.8. The van der Waals surface area contributed by atoms with Crippen LogP contribution >= 0.6 is 11.8 Å². The van der Waals surface area contributed by atoms with Crippen LogP contribution in [0.5, 0.6) is 0 Å². The number of aliphatic hydroxyl groups excluding tert-OH is 1. The quantitative estimate of drug-likeness (QED) is 0.0446. The van der Waals surface area contributed by atoms with Gasteiger partial charge in [0.2, 0.25) is 5.91 Å². The highest BCUT2D eigenvalue weighted by Gasteiger charge is 2.51. The maximum atomic E-state index is 14.7. The molecule has 64 heavy (non-hydrogen) atoms. The molecular formula is C53H59N3O7S. The summed E-state index contributed by atoms with van der Waals surface area (Å²) in [6, 6.07) is 45.3. The predicted molar refractivity (Wildman–Crippen MR) is 252 cm³/mol. The molecule has 334 valence electrons. The molecule has 2 amide bonds. The van der Waals surface area contributed by atoms with Crippen LogP contribution in [0.4, 0.5) is 4.79 Å². The van der Waals surface area contributed by atoms with Crippen LogP contribution in [0.25, 0.3) is 11.1 Å². The largest absolute Gasteiger partial charge is 0.460 e. The molecule has 0 heterocycles. The van der Waals surface area contributed by atoms with Crippen molar-refractivity contribution in [2.45, 2.75) is 99.8 Å². The highest BCUT2D eigenvalue weighted by molar-refractivity contribution is 8.00. The lowest BCUT2D eigenvalue weighted by molar-refractivity contribution is -0.155. The van der Waals surface area contributed by atoms with Gasteiger partial charge < -0.3 is 30.5 Å². The van der Waals surface area contributed by atoms with Gasteiger partial charge in [0.05, 0.1) is 22.4 Å². The number of fused-ring (bicyclic) bond motifs is 3. The molecular weight excluding hydrogens is 823 g/mol. The van der Waals surface area contributed by atoms with E-state index in [1.165, 1.54) is 6.92 Å². The number of rotatable bonds is 20. The molecule has 7 rings (SSSR count). The van der Waals surface area contributed by atoms with Crippen molar-refractivity contribution in [1.82, 2.24) is 16.0 Å². The van der Waals surface area contributed by atoms with Crippen molar-refractivity contribution in [1.29, 1.82) is 0 Å². The molecule has 3 atom stereocenters. The molecule has 11 heteroatoms. The molecule has 0 bridgehead atoms. The Balaban J connectivity index is 1.15. The number of aliphatic hydroxyl groups is 1. The maximum absolute atomic E-state index is 14.7. The van der Waals surface area contributed by atoms with Gasteiger partial charge in [0, 0.05) is 37.1 Å². The predicted octanol–water partition coefficient (Wildman–Crippen LogP) is 8.69. The first kappa shape index (κ1) is 46.2. The Morgan fingerprint density at radius 1 is 0.750 bits per heavy atom. The Bertz CT molecular complexity index is 2240. The monoisotopic (exact) mass is 881 g/mol. The van der Waals surface area contributed by atoms with E-state index < -0.39 is 46.1 Å². The summed E-state index contributed by atoms with van der Waals surface area (Å²) in [7, 11) is 0. The Labute approximate surface area is 380 Å². The van der Waals surface area contributed by atoms with Gasteiger partial charge in [0.15, 0.2) is 0 Å². The molecule has 0 aromatic heterocycles. The van der Waals surface area contributed by atoms with E-state index in [-0.39, 0.29) is 55.8 Å². The number of amides is 2. The number of nitrogens with one attached hydrogen (secondary N) is 3. The number of thioether (sulfide) groups is 1. The number of hydrogen-bond donors (Lipinski definition) is 4. The molecule has 0 spiro atoms. The maximum Gasteiger partial charge on any atom is 0.407 e. The fourth-order valence-electron chi connectivity index (χ4n) is 8.68. The number of ether oxygens (including phenoxy) is 2. The van der Waals surface area contributed by atoms with Crippen molar-refractivity contribution >= 4 is 35.5 Å². The SMILES string of the molecule is CC(=O)CC(O)C1(NC(=O)[C@@H](CSC(c2ccccc2)(c2ccccc2)c2ccccc2)NC[C@@H](CCC(=O)OC(C)(C)C)NC(=O)OCC2c3ccccc3-c3ccccc32)CC1. The van der Waals surface area contributed by atoms with Gasteiger partial charge in [-0.05, 0) is 85.9 Å². The van der Waals surface area contributed by atoms with Crippen molar-refractivity contribution in [3.8, 4) is 11.1 Å². The third kappa shape index (κ3) is 11.1. The fourth-order valence-corrected chi connectivity index (χ4v) is 10.3. The fraction of sp³-hybridized carbons (Fsp3) is 0.358. The molecule has 0 saturated heterocycles. The zero-order valence-corrected chi connectivity index (χ0v) is 37.9. The second kappa shape index (κ2) is 20.4. The smallest absolute Gasteiger partial charge is 0.407 e. The van der Waals surface area contributed by atoms with Crippen LogP contribution < -0.4 is 16.0 Å². The summed E-state index contributed by atoms with van der Waals surface area (Å²) >= 11 is 1.61. The summed E-state index contributed by atoms with van der Waals surface area (Å²) in [5.41, 5.74) is 5.88. The van der Waals surface area contributed by atoms with Gasteiger partial charge in [-0.15, -0.1) is 11.8 Å². The Morgan fingerprint density at radius 3 is 1.73 bits per heavy atom. The second-order valence-corrected chi connectivity index (χ2v) is 19.1. The van der Waals surface area contributed by atoms with Crippen molar-refractivity contribution in [3.05, 3.63) is 167 Å². The summed E-state index contributed by atoms with van der Waals surface area (Å²) in [5.74, 6) is -0.807. The molecule has 5 aromatic carbocycles. The van der Waals surface area contributed by atoms with E-state index >= 15 is 0 Å². The summed E-state index contributed by atoms with van der Waals surface area (Å²) in [6.45, 7) is 7.06. The Hall–Kier alpha value is -5.75. The first-order valence-electron chi connectivity index (χ1n) is 22.1. The van der Waals surface area contributed by atoms with Crippen LogP contribution in [0.2, 0.25) is 0 Å². The number of hydrogen-bond acceptors (Lipinski definition) is 9. The minimum atomic E-state index is -1.03. The average Bonchev–Trinajstić information content (AvgIpc) is 4.00. The van der Waals surface area contributed by atoms with Crippen LogP contribution in [0.1, 0.15) is 93.5 Å². The zero-order valence-electron chi connectivity index (χ0n) is 37.1.